The third-order valence-electron chi connectivity index (χ3n) is 10.7. The van der Waals surface area contributed by atoms with E-state index in [1.807, 2.05) is 54.6 Å². The van der Waals surface area contributed by atoms with Gasteiger partial charge in [0.25, 0.3) is 0 Å². The molecule has 2 aromatic heterocycles. The molecule has 0 saturated carbocycles. The molecule has 0 atom stereocenters. The van der Waals surface area contributed by atoms with Crippen LogP contribution in [0, 0.1) is 0 Å². The minimum Gasteiger partial charge on any atom is -0.424 e. The lowest BCUT2D eigenvalue weighted by Crippen LogP contribution is -2.14. The molecule has 1 aliphatic rings. The van der Waals surface area contributed by atoms with Crippen LogP contribution in [0.2, 0.25) is 0 Å². The van der Waals surface area contributed by atoms with Crippen LogP contribution >= 0.6 is 0 Å². The molecular formula is C49H35N3O. The SMILES string of the molecule is CC1(C)c2ccccc2-c2cc3c4ccccc4n(-c4cccc(-c5ccc(Oc6nc(-c7ccccc7)cc(-c7ccccc7)n6)cc5)c4)c3cc21. The fourth-order valence-electron chi connectivity index (χ4n) is 8.07. The topological polar surface area (TPSA) is 39.9 Å². The maximum atomic E-state index is 6.32. The first kappa shape index (κ1) is 31.0. The summed E-state index contributed by atoms with van der Waals surface area (Å²) < 4.78 is 8.75. The molecule has 0 bridgehead atoms. The third-order valence-corrected chi connectivity index (χ3v) is 10.7. The van der Waals surface area contributed by atoms with Crippen molar-refractivity contribution in [2.75, 3.05) is 0 Å². The summed E-state index contributed by atoms with van der Waals surface area (Å²) in [6.45, 7) is 4.69. The van der Waals surface area contributed by atoms with E-state index in [2.05, 4.69) is 140 Å². The average molecular weight is 682 g/mol. The van der Waals surface area contributed by atoms with Crippen molar-refractivity contribution >= 4 is 21.8 Å². The number of hydrogen-bond acceptors (Lipinski definition) is 3. The van der Waals surface area contributed by atoms with Crippen LogP contribution in [0.3, 0.4) is 0 Å². The number of benzene rings is 7. The van der Waals surface area contributed by atoms with Crippen molar-refractivity contribution in [3.63, 3.8) is 0 Å². The summed E-state index contributed by atoms with van der Waals surface area (Å²) in [7, 11) is 0. The Labute approximate surface area is 308 Å². The van der Waals surface area contributed by atoms with Crippen molar-refractivity contribution in [2.45, 2.75) is 19.3 Å². The molecule has 10 rings (SSSR count). The fourth-order valence-corrected chi connectivity index (χ4v) is 8.07. The molecule has 0 unspecified atom stereocenters. The molecule has 1 aliphatic carbocycles. The predicted octanol–water partition coefficient (Wildman–Crippen LogP) is 12.7. The zero-order chi connectivity index (χ0) is 35.5. The van der Waals surface area contributed by atoms with Gasteiger partial charge in [0.05, 0.1) is 22.4 Å². The van der Waals surface area contributed by atoms with Gasteiger partial charge in [-0.15, -0.1) is 0 Å². The summed E-state index contributed by atoms with van der Waals surface area (Å²) in [5, 5.41) is 2.53. The molecule has 0 aliphatic heterocycles. The van der Waals surface area contributed by atoms with E-state index < -0.39 is 0 Å². The number of rotatable bonds is 6. The highest BCUT2D eigenvalue weighted by molar-refractivity contribution is 6.11. The van der Waals surface area contributed by atoms with Gasteiger partial charge in [-0.05, 0) is 81.9 Å². The van der Waals surface area contributed by atoms with Gasteiger partial charge in [0, 0.05) is 33.0 Å². The van der Waals surface area contributed by atoms with Crippen LogP contribution in [0.25, 0.3) is 72.3 Å². The largest absolute Gasteiger partial charge is 0.424 e. The average Bonchev–Trinajstić information content (AvgIpc) is 3.66. The maximum Gasteiger partial charge on any atom is 0.323 e. The van der Waals surface area contributed by atoms with Gasteiger partial charge in [-0.1, -0.05) is 141 Å². The molecule has 2 heterocycles. The Morgan fingerprint density at radius 2 is 1.09 bits per heavy atom. The quantitative estimate of drug-likeness (QED) is 0.175. The second-order valence-electron chi connectivity index (χ2n) is 14.3. The number of aromatic nitrogens is 3. The smallest absolute Gasteiger partial charge is 0.323 e. The number of hydrogen-bond donors (Lipinski definition) is 0. The molecule has 4 nitrogen and oxygen atoms in total. The van der Waals surface area contributed by atoms with Crippen molar-refractivity contribution in [2.24, 2.45) is 0 Å². The lowest BCUT2D eigenvalue weighted by Gasteiger charge is -2.21. The Morgan fingerprint density at radius 3 is 1.83 bits per heavy atom. The van der Waals surface area contributed by atoms with Gasteiger partial charge in [0.1, 0.15) is 5.75 Å². The molecule has 0 radical (unpaired) electrons. The van der Waals surface area contributed by atoms with Crippen molar-refractivity contribution in [3.8, 4) is 62.2 Å². The van der Waals surface area contributed by atoms with E-state index >= 15 is 0 Å². The number of ether oxygens (including phenoxy) is 1. The number of para-hydroxylation sites is 1. The highest BCUT2D eigenvalue weighted by Crippen LogP contribution is 2.51. The first-order valence-electron chi connectivity index (χ1n) is 18.1. The van der Waals surface area contributed by atoms with Crippen LogP contribution < -0.4 is 4.74 Å². The van der Waals surface area contributed by atoms with Crippen LogP contribution in [-0.2, 0) is 5.41 Å². The first-order valence-corrected chi connectivity index (χ1v) is 18.1. The summed E-state index contributed by atoms with van der Waals surface area (Å²) in [5.41, 5.74) is 14.8. The van der Waals surface area contributed by atoms with Gasteiger partial charge >= 0.3 is 6.01 Å². The molecule has 0 saturated heterocycles. The molecule has 0 amide bonds. The highest BCUT2D eigenvalue weighted by Gasteiger charge is 2.36. The lowest BCUT2D eigenvalue weighted by molar-refractivity contribution is 0.443. The molecule has 7 aromatic carbocycles. The van der Waals surface area contributed by atoms with Gasteiger partial charge in [0.15, 0.2) is 0 Å². The van der Waals surface area contributed by atoms with Gasteiger partial charge < -0.3 is 9.30 Å². The van der Waals surface area contributed by atoms with E-state index in [1.54, 1.807) is 0 Å². The van der Waals surface area contributed by atoms with Crippen LogP contribution in [0.15, 0.2) is 176 Å². The molecule has 0 N–H and O–H groups in total. The Hall–Kier alpha value is -6.78. The van der Waals surface area contributed by atoms with Crippen molar-refractivity contribution in [3.05, 3.63) is 187 Å². The van der Waals surface area contributed by atoms with Gasteiger partial charge in [0.2, 0.25) is 0 Å². The molecule has 0 spiro atoms. The second kappa shape index (κ2) is 12.2. The van der Waals surface area contributed by atoms with Crippen LogP contribution in [0.5, 0.6) is 11.8 Å². The van der Waals surface area contributed by atoms with Gasteiger partial charge in [-0.2, -0.15) is 9.97 Å². The molecule has 0 fully saturated rings. The number of fused-ring (bicyclic) bond motifs is 6. The van der Waals surface area contributed by atoms with E-state index in [0.717, 1.165) is 39.3 Å². The zero-order valence-corrected chi connectivity index (χ0v) is 29.5. The molecule has 9 aromatic rings. The lowest BCUT2D eigenvalue weighted by atomic mass is 9.82. The zero-order valence-electron chi connectivity index (χ0n) is 29.5. The highest BCUT2D eigenvalue weighted by atomic mass is 16.5. The predicted molar refractivity (Wildman–Crippen MR) is 217 cm³/mol. The minimum atomic E-state index is -0.0793. The van der Waals surface area contributed by atoms with E-state index in [4.69, 9.17) is 14.7 Å². The first-order chi connectivity index (χ1) is 26.0. The summed E-state index contributed by atoms with van der Waals surface area (Å²) in [4.78, 5) is 9.60. The Morgan fingerprint density at radius 1 is 0.453 bits per heavy atom. The molecule has 53 heavy (non-hydrogen) atoms. The van der Waals surface area contributed by atoms with E-state index in [9.17, 15) is 0 Å². The van der Waals surface area contributed by atoms with E-state index in [1.165, 1.54) is 44.1 Å². The Balaban J connectivity index is 1.01. The Kier molecular flexibility index (Phi) is 7.12. The van der Waals surface area contributed by atoms with Gasteiger partial charge in [-0.3, -0.25) is 0 Å². The maximum absolute atomic E-state index is 6.32. The summed E-state index contributed by atoms with van der Waals surface area (Å²) in [6, 6.07) is 62.1. The fraction of sp³-hybridized carbons (Fsp3) is 0.0612. The van der Waals surface area contributed by atoms with Crippen molar-refractivity contribution in [1.82, 2.24) is 14.5 Å². The molecular weight excluding hydrogens is 647 g/mol. The molecule has 252 valence electrons. The second-order valence-corrected chi connectivity index (χ2v) is 14.3. The Bertz CT molecular complexity index is 2760. The van der Waals surface area contributed by atoms with E-state index in [0.29, 0.717) is 11.8 Å². The standard InChI is InChI=1S/C49H35N3O/c1-49(2)42-22-11-9-20-38(42)40-29-41-39-21-10-12-23-46(39)52(47(41)30-43(40)49)36-19-13-18-35(28-36)32-24-26-37(27-25-32)53-48-50-44(33-14-5-3-6-15-33)31-45(51-48)34-16-7-4-8-17-34/h3-31H,1-2H3. The summed E-state index contributed by atoms with van der Waals surface area (Å²) in [6.07, 6.45) is 0. The normalized spacial score (nSPS) is 12.9. The van der Waals surface area contributed by atoms with Crippen LogP contribution in [0.4, 0.5) is 0 Å². The van der Waals surface area contributed by atoms with Crippen LogP contribution in [-0.4, -0.2) is 14.5 Å². The number of nitrogens with zero attached hydrogens (tertiary/aromatic N) is 3. The summed E-state index contributed by atoms with van der Waals surface area (Å²) >= 11 is 0. The van der Waals surface area contributed by atoms with Gasteiger partial charge in [-0.25, -0.2) is 0 Å². The van der Waals surface area contributed by atoms with Crippen molar-refractivity contribution in [1.29, 1.82) is 0 Å². The van der Waals surface area contributed by atoms with E-state index in [-0.39, 0.29) is 5.41 Å². The van der Waals surface area contributed by atoms with Crippen molar-refractivity contribution < 1.29 is 4.74 Å². The van der Waals surface area contributed by atoms with Crippen LogP contribution in [0.1, 0.15) is 25.0 Å². The third kappa shape index (κ3) is 5.22. The molecule has 4 heteroatoms. The summed E-state index contributed by atoms with van der Waals surface area (Å²) in [5.74, 6) is 0.675. The monoisotopic (exact) mass is 681 g/mol. The minimum absolute atomic E-state index is 0.0793.